The van der Waals surface area contributed by atoms with Gasteiger partial charge < -0.3 is 10.0 Å². The molecule has 1 amide bonds. The first-order valence-electron chi connectivity index (χ1n) is 10.5. The Hall–Kier alpha value is -2.74. The molecule has 158 valence electrons. The van der Waals surface area contributed by atoms with Crippen LogP contribution >= 0.6 is 0 Å². The molecule has 30 heavy (non-hydrogen) atoms. The van der Waals surface area contributed by atoms with Gasteiger partial charge in [0.05, 0.1) is 16.9 Å². The SMILES string of the molecule is CC[C@]12C=CCN3CC[C@]4(c5cc([N+](=O)[O-])ccc5N(C(C)=O)[C@H]4[C@@H](C(=O)O)C1)[C@@H]32. The molecule has 5 atom stereocenters. The molecule has 1 saturated heterocycles. The molecule has 4 aliphatic rings. The molecule has 2 fully saturated rings. The maximum atomic E-state index is 12.8. The second-order valence-corrected chi connectivity index (χ2v) is 9.12. The van der Waals surface area contributed by atoms with Crippen LogP contribution in [-0.4, -0.2) is 52.0 Å². The molecule has 8 nitrogen and oxygen atoms in total. The number of nitrogens with zero attached hydrogens (tertiary/aromatic N) is 3. The number of carboxylic acids is 1. The average Bonchev–Trinajstić information content (AvgIpc) is 3.25. The van der Waals surface area contributed by atoms with E-state index in [4.69, 9.17) is 0 Å². The third-order valence-corrected chi connectivity index (χ3v) is 8.05. The van der Waals surface area contributed by atoms with Gasteiger partial charge in [0.25, 0.3) is 5.69 Å². The number of non-ortho nitro benzene ring substituents is 1. The third kappa shape index (κ3) is 2.14. The van der Waals surface area contributed by atoms with Gasteiger partial charge in [0.2, 0.25) is 5.91 Å². The summed E-state index contributed by atoms with van der Waals surface area (Å²) in [6.07, 6.45) is 6.24. The number of carboxylic acid groups (broad SMARTS) is 1. The van der Waals surface area contributed by atoms with Gasteiger partial charge in [-0.2, -0.15) is 0 Å². The van der Waals surface area contributed by atoms with E-state index in [1.54, 1.807) is 17.0 Å². The molecule has 1 saturated carbocycles. The summed E-state index contributed by atoms with van der Waals surface area (Å²) in [5, 5.41) is 21.8. The summed E-state index contributed by atoms with van der Waals surface area (Å²) in [4.78, 5) is 40.5. The number of benzene rings is 1. The maximum absolute atomic E-state index is 12.8. The van der Waals surface area contributed by atoms with Crippen LogP contribution < -0.4 is 4.90 Å². The Balaban J connectivity index is 1.84. The molecule has 8 heteroatoms. The van der Waals surface area contributed by atoms with Gasteiger partial charge >= 0.3 is 5.97 Å². The van der Waals surface area contributed by atoms with Crippen molar-refractivity contribution in [2.75, 3.05) is 18.0 Å². The zero-order chi connectivity index (χ0) is 21.4. The van der Waals surface area contributed by atoms with E-state index in [1.807, 2.05) is 0 Å². The van der Waals surface area contributed by atoms with Crippen LogP contribution in [0.15, 0.2) is 30.4 Å². The van der Waals surface area contributed by atoms with Crippen LogP contribution in [0.1, 0.15) is 38.7 Å². The van der Waals surface area contributed by atoms with E-state index in [-0.39, 0.29) is 23.1 Å². The molecule has 5 rings (SSSR count). The number of hydrogen-bond acceptors (Lipinski definition) is 5. The van der Waals surface area contributed by atoms with Crippen molar-refractivity contribution in [3.8, 4) is 0 Å². The number of fused-ring (bicyclic) bond motifs is 1. The number of hydrogen-bond donors (Lipinski definition) is 1. The van der Waals surface area contributed by atoms with E-state index in [0.717, 1.165) is 25.1 Å². The van der Waals surface area contributed by atoms with Gasteiger partial charge in [0, 0.05) is 48.2 Å². The number of nitro benzene ring substituents is 1. The topological polar surface area (TPSA) is 104 Å². The van der Waals surface area contributed by atoms with Crippen molar-refractivity contribution in [2.45, 2.75) is 50.6 Å². The number of carbonyl (C=O) groups is 2. The predicted molar refractivity (Wildman–Crippen MR) is 109 cm³/mol. The number of carbonyl (C=O) groups excluding carboxylic acids is 1. The fourth-order valence-electron chi connectivity index (χ4n) is 7.14. The van der Waals surface area contributed by atoms with Crippen LogP contribution in [0, 0.1) is 21.4 Å². The Morgan fingerprint density at radius 1 is 1.37 bits per heavy atom. The van der Waals surface area contributed by atoms with Gasteiger partial charge in [0.15, 0.2) is 0 Å². The molecule has 0 radical (unpaired) electrons. The lowest BCUT2D eigenvalue weighted by atomic mass is 9.50. The Kier molecular flexibility index (Phi) is 3.93. The Morgan fingerprint density at radius 2 is 2.13 bits per heavy atom. The summed E-state index contributed by atoms with van der Waals surface area (Å²) < 4.78 is 0. The van der Waals surface area contributed by atoms with Crippen molar-refractivity contribution in [1.29, 1.82) is 0 Å². The first kappa shape index (κ1) is 19.2. The summed E-state index contributed by atoms with van der Waals surface area (Å²) in [5.74, 6) is -1.86. The summed E-state index contributed by atoms with van der Waals surface area (Å²) in [6, 6.07) is 4.13. The lowest BCUT2D eigenvalue weighted by Gasteiger charge is -2.58. The third-order valence-electron chi connectivity index (χ3n) is 8.05. The Labute approximate surface area is 174 Å². The highest BCUT2D eigenvalue weighted by Crippen LogP contribution is 2.66. The Bertz CT molecular complexity index is 1010. The fourth-order valence-corrected chi connectivity index (χ4v) is 7.14. The maximum Gasteiger partial charge on any atom is 0.308 e. The lowest BCUT2D eigenvalue weighted by Crippen LogP contribution is -2.68. The predicted octanol–water partition coefficient (Wildman–Crippen LogP) is 2.71. The molecule has 1 aliphatic carbocycles. The van der Waals surface area contributed by atoms with Gasteiger partial charge in [-0.1, -0.05) is 19.1 Å². The molecule has 0 aromatic heterocycles. The lowest BCUT2D eigenvalue weighted by molar-refractivity contribution is -0.384. The molecular weight excluding hydrogens is 386 g/mol. The van der Waals surface area contributed by atoms with E-state index in [0.29, 0.717) is 18.5 Å². The monoisotopic (exact) mass is 411 g/mol. The molecule has 3 aliphatic heterocycles. The summed E-state index contributed by atoms with van der Waals surface area (Å²) >= 11 is 0. The highest BCUT2D eigenvalue weighted by molar-refractivity contribution is 5.97. The number of rotatable bonds is 3. The summed E-state index contributed by atoms with van der Waals surface area (Å²) in [7, 11) is 0. The van der Waals surface area contributed by atoms with Crippen molar-refractivity contribution in [3.63, 3.8) is 0 Å². The van der Waals surface area contributed by atoms with Crippen molar-refractivity contribution >= 4 is 23.3 Å². The van der Waals surface area contributed by atoms with Crippen LogP contribution in [0.25, 0.3) is 0 Å². The van der Waals surface area contributed by atoms with Gasteiger partial charge in [0.1, 0.15) is 0 Å². The van der Waals surface area contributed by atoms with Crippen molar-refractivity contribution in [3.05, 3.63) is 46.0 Å². The fraction of sp³-hybridized carbons (Fsp3) is 0.545. The molecule has 3 heterocycles. The van der Waals surface area contributed by atoms with Crippen molar-refractivity contribution in [2.24, 2.45) is 11.3 Å². The van der Waals surface area contributed by atoms with E-state index in [9.17, 15) is 24.8 Å². The summed E-state index contributed by atoms with van der Waals surface area (Å²) in [6.45, 7) is 5.11. The minimum atomic E-state index is -0.906. The van der Waals surface area contributed by atoms with Crippen LogP contribution in [0.4, 0.5) is 11.4 Å². The second-order valence-electron chi connectivity index (χ2n) is 9.12. The van der Waals surface area contributed by atoms with Gasteiger partial charge in [-0.05, 0) is 37.4 Å². The first-order chi connectivity index (χ1) is 14.3. The van der Waals surface area contributed by atoms with Gasteiger partial charge in [-0.15, -0.1) is 0 Å². The average molecular weight is 411 g/mol. The number of nitro groups is 1. The molecule has 1 aromatic rings. The van der Waals surface area contributed by atoms with E-state index in [2.05, 4.69) is 24.0 Å². The molecular formula is C22H25N3O5. The van der Waals surface area contributed by atoms with Crippen LogP contribution in [-0.2, 0) is 15.0 Å². The minimum Gasteiger partial charge on any atom is -0.481 e. The van der Waals surface area contributed by atoms with Crippen LogP contribution in [0.2, 0.25) is 0 Å². The number of anilines is 1. The molecule has 0 unspecified atom stereocenters. The molecule has 1 N–H and O–H groups in total. The number of aliphatic carboxylic acids is 1. The van der Waals surface area contributed by atoms with Crippen molar-refractivity contribution < 1.29 is 19.6 Å². The number of amides is 1. The molecule has 1 spiro atoms. The highest BCUT2D eigenvalue weighted by atomic mass is 16.6. The standard InChI is InChI=1S/C22H25N3O5/c1-3-21-7-4-9-23-10-8-22(20(21)23)16-11-14(25(29)30)5-6-17(16)24(13(2)26)18(22)15(12-21)19(27)28/h4-7,11,15,18,20H,3,8-10,12H2,1-2H3,(H,27,28)/t15-,18-,20-,21-,22+/m0/s1. The minimum absolute atomic E-state index is 0.0170. The zero-order valence-electron chi connectivity index (χ0n) is 17.1. The quantitative estimate of drug-likeness (QED) is 0.466. The first-order valence-corrected chi connectivity index (χ1v) is 10.5. The van der Waals surface area contributed by atoms with E-state index in [1.165, 1.54) is 13.0 Å². The Morgan fingerprint density at radius 3 is 2.77 bits per heavy atom. The smallest absolute Gasteiger partial charge is 0.308 e. The van der Waals surface area contributed by atoms with Crippen LogP contribution in [0.5, 0.6) is 0 Å². The molecule has 1 aromatic carbocycles. The van der Waals surface area contributed by atoms with Crippen molar-refractivity contribution in [1.82, 2.24) is 4.90 Å². The van der Waals surface area contributed by atoms with Gasteiger partial charge in [-0.3, -0.25) is 24.6 Å². The van der Waals surface area contributed by atoms with E-state index >= 15 is 0 Å². The molecule has 0 bridgehead atoms. The van der Waals surface area contributed by atoms with Crippen LogP contribution in [0.3, 0.4) is 0 Å². The normalized spacial score (nSPS) is 36.2. The second kappa shape index (κ2) is 6.14. The van der Waals surface area contributed by atoms with E-state index < -0.39 is 28.3 Å². The zero-order valence-corrected chi connectivity index (χ0v) is 17.1. The summed E-state index contributed by atoms with van der Waals surface area (Å²) in [5.41, 5.74) is 0.422. The highest BCUT2D eigenvalue weighted by Gasteiger charge is 2.71. The van der Waals surface area contributed by atoms with Gasteiger partial charge in [-0.25, -0.2) is 0 Å². The largest absolute Gasteiger partial charge is 0.481 e.